The lowest BCUT2D eigenvalue weighted by molar-refractivity contribution is -0.0383. The van der Waals surface area contributed by atoms with E-state index in [4.69, 9.17) is 10.5 Å². The number of aliphatic hydroxyl groups excluding tert-OH is 1. The standard InChI is InChI=1S/C18H23N5O2S/c1-11(24)10-20-12-9-16(19)22-13-8-15(26-18(12)13)14-5-6-21-23(14)17-4-2-3-7-25-17/h5-6,8-9,11,17,24H,2-4,7,10H2,1H3,(H3,19,20,22)/t11-,17?/m0/s1. The first-order chi connectivity index (χ1) is 12.6. The molecule has 0 spiro atoms. The molecule has 1 aliphatic heterocycles. The number of ether oxygens (including phenoxy) is 1. The van der Waals surface area contributed by atoms with E-state index in [0.717, 1.165) is 52.3 Å². The zero-order valence-corrected chi connectivity index (χ0v) is 15.5. The third-order valence-electron chi connectivity index (χ3n) is 4.44. The molecule has 4 heterocycles. The maximum atomic E-state index is 9.56. The molecule has 0 aliphatic carbocycles. The molecule has 1 aliphatic rings. The lowest BCUT2D eigenvalue weighted by Gasteiger charge is -2.24. The van der Waals surface area contributed by atoms with E-state index in [-0.39, 0.29) is 6.23 Å². The number of aliphatic hydroxyl groups is 1. The predicted octanol–water partition coefficient (Wildman–Crippen LogP) is 3.23. The summed E-state index contributed by atoms with van der Waals surface area (Å²) in [7, 11) is 0. The Morgan fingerprint density at radius 3 is 3.12 bits per heavy atom. The molecule has 4 N–H and O–H groups in total. The van der Waals surface area contributed by atoms with Crippen molar-refractivity contribution in [3.05, 3.63) is 24.4 Å². The Bertz CT molecular complexity index is 898. The maximum absolute atomic E-state index is 9.56. The first-order valence-electron chi connectivity index (χ1n) is 8.89. The zero-order chi connectivity index (χ0) is 18.1. The van der Waals surface area contributed by atoms with Crippen LogP contribution in [0, 0.1) is 0 Å². The second-order valence-corrected chi connectivity index (χ2v) is 7.68. The second kappa shape index (κ2) is 7.22. The number of pyridine rings is 1. The summed E-state index contributed by atoms with van der Waals surface area (Å²) in [6, 6.07) is 5.86. The molecule has 1 fully saturated rings. The predicted molar refractivity (Wildman–Crippen MR) is 104 cm³/mol. The quantitative estimate of drug-likeness (QED) is 0.635. The average molecular weight is 373 g/mol. The third-order valence-corrected chi connectivity index (χ3v) is 5.62. The fourth-order valence-corrected chi connectivity index (χ4v) is 4.32. The van der Waals surface area contributed by atoms with Gasteiger partial charge < -0.3 is 20.9 Å². The molecule has 138 valence electrons. The number of thiophene rings is 1. The van der Waals surface area contributed by atoms with Gasteiger partial charge in [0.05, 0.1) is 32.6 Å². The molecule has 1 unspecified atom stereocenters. The van der Waals surface area contributed by atoms with Crippen LogP contribution < -0.4 is 11.1 Å². The molecule has 7 nitrogen and oxygen atoms in total. The first kappa shape index (κ1) is 17.3. The van der Waals surface area contributed by atoms with Gasteiger partial charge in [-0.15, -0.1) is 11.3 Å². The summed E-state index contributed by atoms with van der Waals surface area (Å²) in [5.41, 5.74) is 8.72. The van der Waals surface area contributed by atoms with Gasteiger partial charge in [0.25, 0.3) is 0 Å². The van der Waals surface area contributed by atoms with Crippen LogP contribution in [0.4, 0.5) is 11.5 Å². The van der Waals surface area contributed by atoms with Crippen LogP contribution in [0.2, 0.25) is 0 Å². The Morgan fingerprint density at radius 2 is 2.35 bits per heavy atom. The van der Waals surface area contributed by atoms with Crippen molar-refractivity contribution in [2.24, 2.45) is 0 Å². The first-order valence-corrected chi connectivity index (χ1v) is 9.71. The van der Waals surface area contributed by atoms with Gasteiger partial charge in [-0.2, -0.15) is 5.10 Å². The monoisotopic (exact) mass is 373 g/mol. The Kier molecular flexibility index (Phi) is 4.80. The number of rotatable bonds is 5. The SMILES string of the molecule is C[C@H](O)CNc1cc(N)nc2cc(-c3ccnn3C3CCCCO3)sc12. The summed E-state index contributed by atoms with van der Waals surface area (Å²) < 4.78 is 8.88. The van der Waals surface area contributed by atoms with Crippen molar-refractivity contribution in [3.8, 4) is 10.6 Å². The fraction of sp³-hybridized carbons (Fsp3) is 0.444. The van der Waals surface area contributed by atoms with Crippen LogP contribution in [0.25, 0.3) is 20.8 Å². The van der Waals surface area contributed by atoms with Gasteiger partial charge in [-0.1, -0.05) is 0 Å². The van der Waals surface area contributed by atoms with Crippen LogP contribution in [0.15, 0.2) is 24.4 Å². The van der Waals surface area contributed by atoms with E-state index in [9.17, 15) is 5.11 Å². The molecule has 0 bridgehead atoms. The van der Waals surface area contributed by atoms with Crippen molar-refractivity contribution in [2.75, 3.05) is 24.2 Å². The molecular weight excluding hydrogens is 350 g/mol. The molecule has 2 atom stereocenters. The summed E-state index contributed by atoms with van der Waals surface area (Å²) in [6.07, 6.45) is 4.60. The number of nitrogens with zero attached hydrogens (tertiary/aromatic N) is 3. The number of hydrogen-bond acceptors (Lipinski definition) is 7. The lowest BCUT2D eigenvalue weighted by atomic mass is 10.2. The number of aromatic nitrogens is 3. The largest absolute Gasteiger partial charge is 0.392 e. The molecule has 4 rings (SSSR count). The minimum atomic E-state index is -0.441. The van der Waals surface area contributed by atoms with Crippen LogP contribution in [0.1, 0.15) is 32.4 Å². The number of fused-ring (bicyclic) bond motifs is 1. The Hall–Kier alpha value is -2.16. The van der Waals surface area contributed by atoms with E-state index in [0.29, 0.717) is 12.4 Å². The highest BCUT2D eigenvalue weighted by Crippen LogP contribution is 2.39. The Labute approximate surface area is 155 Å². The van der Waals surface area contributed by atoms with E-state index in [2.05, 4.69) is 15.4 Å². The van der Waals surface area contributed by atoms with E-state index in [1.54, 1.807) is 18.3 Å². The van der Waals surface area contributed by atoms with Crippen molar-refractivity contribution < 1.29 is 9.84 Å². The molecule has 1 saturated heterocycles. The topological polar surface area (TPSA) is 98.2 Å². The van der Waals surface area contributed by atoms with Crippen LogP contribution >= 0.6 is 11.3 Å². The summed E-state index contributed by atoms with van der Waals surface area (Å²) >= 11 is 1.64. The molecule has 0 radical (unpaired) electrons. The van der Waals surface area contributed by atoms with Gasteiger partial charge in [-0.3, -0.25) is 0 Å². The van der Waals surface area contributed by atoms with E-state index in [1.165, 1.54) is 0 Å². The number of anilines is 2. The van der Waals surface area contributed by atoms with Crippen LogP contribution in [0.3, 0.4) is 0 Å². The molecular formula is C18H23N5O2S. The highest BCUT2D eigenvalue weighted by atomic mass is 32.1. The Balaban J connectivity index is 1.72. The molecule has 3 aromatic rings. The third kappa shape index (κ3) is 3.40. The highest BCUT2D eigenvalue weighted by Gasteiger charge is 2.21. The molecule has 3 aromatic heterocycles. The molecule has 26 heavy (non-hydrogen) atoms. The molecule has 0 saturated carbocycles. The van der Waals surface area contributed by atoms with E-state index >= 15 is 0 Å². The number of nitrogens with one attached hydrogen (secondary N) is 1. The van der Waals surface area contributed by atoms with Crippen molar-refractivity contribution in [2.45, 2.75) is 38.5 Å². The minimum Gasteiger partial charge on any atom is -0.392 e. The summed E-state index contributed by atoms with van der Waals surface area (Å²) in [6.45, 7) is 2.98. The van der Waals surface area contributed by atoms with Gasteiger partial charge in [0, 0.05) is 25.4 Å². The van der Waals surface area contributed by atoms with Crippen LogP contribution in [0.5, 0.6) is 0 Å². The summed E-state index contributed by atoms with van der Waals surface area (Å²) in [5.74, 6) is 0.457. The molecule has 0 amide bonds. The highest BCUT2D eigenvalue weighted by molar-refractivity contribution is 7.22. The Morgan fingerprint density at radius 1 is 1.46 bits per heavy atom. The number of nitrogens with two attached hydrogens (primary N) is 1. The van der Waals surface area contributed by atoms with Crippen LogP contribution in [-0.4, -0.2) is 39.1 Å². The lowest BCUT2D eigenvalue weighted by Crippen LogP contribution is -2.19. The van der Waals surface area contributed by atoms with Crippen molar-refractivity contribution in [1.29, 1.82) is 0 Å². The van der Waals surface area contributed by atoms with Crippen LogP contribution in [-0.2, 0) is 4.74 Å². The fourth-order valence-electron chi connectivity index (χ4n) is 3.21. The summed E-state index contributed by atoms with van der Waals surface area (Å²) in [4.78, 5) is 5.53. The smallest absolute Gasteiger partial charge is 0.150 e. The van der Waals surface area contributed by atoms with E-state index < -0.39 is 6.10 Å². The maximum Gasteiger partial charge on any atom is 0.150 e. The average Bonchev–Trinajstić information content (AvgIpc) is 3.26. The second-order valence-electron chi connectivity index (χ2n) is 6.63. The van der Waals surface area contributed by atoms with E-state index in [1.807, 2.05) is 29.1 Å². The van der Waals surface area contributed by atoms with Gasteiger partial charge in [-0.25, -0.2) is 9.67 Å². The summed E-state index contributed by atoms with van der Waals surface area (Å²) in [5, 5.41) is 17.3. The van der Waals surface area contributed by atoms with Gasteiger partial charge >= 0.3 is 0 Å². The van der Waals surface area contributed by atoms with Gasteiger partial charge in [0.15, 0.2) is 6.23 Å². The normalized spacial score (nSPS) is 18.9. The zero-order valence-electron chi connectivity index (χ0n) is 14.7. The van der Waals surface area contributed by atoms with Gasteiger partial charge in [0.2, 0.25) is 0 Å². The van der Waals surface area contributed by atoms with Crippen molar-refractivity contribution in [3.63, 3.8) is 0 Å². The molecule has 8 heteroatoms. The van der Waals surface area contributed by atoms with Gasteiger partial charge in [-0.05, 0) is 38.3 Å². The minimum absolute atomic E-state index is 0.00942. The van der Waals surface area contributed by atoms with Gasteiger partial charge in [0.1, 0.15) is 5.82 Å². The molecule has 0 aromatic carbocycles. The van der Waals surface area contributed by atoms with Crippen molar-refractivity contribution >= 4 is 33.1 Å². The number of hydrogen-bond donors (Lipinski definition) is 3. The van der Waals surface area contributed by atoms with Crippen molar-refractivity contribution in [1.82, 2.24) is 14.8 Å². The number of nitrogen functional groups attached to an aromatic ring is 1.